The molecule has 0 aliphatic rings. The van der Waals surface area contributed by atoms with Gasteiger partial charge in [-0.25, -0.2) is 0 Å². The third-order valence-electron chi connectivity index (χ3n) is 3.82. The molecule has 3 rings (SSSR count). The van der Waals surface area contributed by atoms with Crippen molar-refractivity contribution in [3.63, 3.8) is 0 Å². The molecule has 0 bridgehead atoms. The van der Waals surface area contributed by atoms with Gasteiger partial charge >= 0.3 is 0 Å². The lowest BCUT2D eigenvalue weighted by atomic mass is 10.0. The van der Waals surface area contributed by atoms with Gasteiger partial charge < -0.3 is 19.3 Å². The van der Waals surface area contributed by atoms with Crippen LogP contribution in [0.1, 0.15) is 16.8 Å². The minimum absolute atomic E-state index is 0.228. The van der Waals surface area contributed by atoms with Crippen LogP contribution < -0.4 is 4.74 Å². The van der Waals surface area contributed by atoms with E-state index >= 15 is 0 Å². The minimum Gasteiger partial charge on any atom is -0.507 e. The summed E-state index contributed by atoms with van der Waals surface area (Å²) in [5, 5.41) is 15.2. The average Bonchev–Trinajstić information content (AvgIpc) is 2.93. The second-order valence-corrected chi connectivity index (χ2v) is 5.80. The summed E-state index contributed by atoms with van der Waals surface area (Å²) in [6, 6.07) is 11.4. The lowest BCUT2D eigenvalue weighted by molar-refractivity contribution is 0.378. The van der Waals surface area contributed by atoms with Crippen LogP contribution in [-0.4, -0.2) is 36.4 Å². The molecule has 5 nitrogen and oxygen atoms in total. The topological polar surface area (TPSA) is 58.7 Å². The van der Waals surface area contributed by atoms with E-state index in [-0.39, 0.29) is 5.75 Å². The molecule has 0 aliphatic carbocycles. The number of aromatic hydroxyl groups is 1. The number of ether oxygens (including phenoxy) is 1. The molecule has 0 spiro atoms. The number of phenolic OH excluding ortho intramolecular Hbond substituents is 1. The highest BCUT2D eigenvalue weighted by molar-refractivity contribution is 5.84. The van der Waals surface area contributed by atoms with Crippen LogP contribution in [0.4, 0.5) is 0 Å². The summed E-state index contributed by atoms with van der Waals surface area (Å²) in [7, 11) is 5.56. The Morgan fingerprint density at radius 1 is 1.17 bits per heavy atom. The molecule has 23 heavy (non-hydrogen) atoms. The van der Waals surface area contributed by atoms with Crippen molar-refractivity contribution in [2.45, 2.75) is 13.0 Å². The first kappa shape index (κ1) is 15.4. The molecular weight excluding hydrogens is 292 g/mol. The number of methoxy groups -OCH3 is 1. The summed E-state index contributed by atoms with van der Waals surface area (Å²) in [6.07, 6.45) is 0.614. The van der Waals surface area contributed by atoms with Crippen molar-refractivity contribution in [3.05, 3.63) is 53.2 Å². The van der Waals surface area contributed by atoms with E-state index in [0.29, 0.717) is 18.5 Å². The first-order valence-electron chi connectivity index (χ1n) is 7.46. The maximum atomic E-state index is 10.1. The van der Waals surface area contributed by atoms with Crippen LogP contribution in [0.3, 0.4) is 0 Å². The second kappa shape index (κ2) is 6.30. The number of benzene rings is 2. The molecule has 0 aliphatic heterocycles. The molecule has 0 radical (unpaired) electrons. The van der Waals surface area contributed by atoms with Crippen molar-refractivity contribution in [1.82, 2.24) is 10.1 Å². The molecule has 3 aromatic rings. The molecule has 2 aromatic carbocycles. The van der Waals surface area contributed by atoms with E-state index in [0.717, 1.165) is 28.0 Å². The minimum atomic E-state index is 0.228. The van der Waals surface area contributed by atoms with Crippen LogP contribution >= 0.6 is 0 Å². The Kier molecular flexibility index (Phi) is 4.21. The molecule has 1 N–H and O–H groups in total. The third-order valence-corrected chi connectivity index (χ3v) is 3.82. The summed E-state index contributed by atoms with van der Waals surface area (Å²) in [5.41, 5.74) is 3.28. The summed E-state index contributed by atoms with van der Waals surface area (Å²) < 4.78 is 10.9. The number of fused-ring (bicyclic) bond motifs is 1. The highest BCUT2D eigenvalue weighted by Gasteiger charge is 2.17. The van der Waals surface area contributed by atoms with Crippen LogP contribution in [0.25, 0.3) is 11.0 Å². The second-order valence-electron chi connectivity index (χ2n) is 5.80. The molecule has 5 heteroatoms. The standard InChI is InChI=1S/C18H20N2O3/c1-20(2)11-14-16(21)9-8-13-15(19-23-18(13)14)10-12-6-4-5-7-17(12)22-3/h4-9,21H,10-11H2,1-3H3. The summed E-state index contributed by atoms with van der Waals surface area (Å²) in [6.45, 7) is 0.590. The smallest absolute Gasteiger partial charge is 0.175 e. The van der Waals surface area contributed by atoms with Crippen molar-refractivity contribution in [2.75, 3.05) is 21.2 Å². The quantitative estimate of drug-likeness (QED) is 0.784. The van der Waals surface area contributed by atoms with E-state index in [1.807, 2.05) is 49.3 Å². The Hall–Kier alpha value is -2.53. The third kappa shape index (κ3) is 3.00. The maximum Gasteiger partial charge on any atom is 0.175 e. The molecule has 0 fully saturated rings. The summed E-state index contributed by atoms with van der Waals surface area (Å²) in [5.74, 6) is 1.06. The van der Waals surface area contributed by atoms with E-state index in [1.54, 1.807) is 13.2 Å². The fourth-order valence-corrected chi connectivity index (χ4v) is 2.72. The summed E-state index contributed by atoms with van der Waals surface area (Å²) in [4.78, 5) is 1.98. The first-order chi connectivity index (χ1) is 11.1. The number of hydrogen-bond acceptors (Lipinski definition) is 5. The molecule has 0 amide bonds. The van der Waals surface area contributed by atoms with Gasteiger partial charge in [0.1, 0.15) is 11.5 Å². The van der Waals surface area contributed by atoms with Crippen LogP contribution in [0, 0.1) is 0 Å². The van der Waals surface area contributed by atoms with Gasteiger partial charge in [0.05, 0.1) is 18.4 Å². The largest absolute Gasteiger partial charge is 0.507 e. The number of hydrogen-bond donors (Lipinski definition) is 1. The van der Waals surface area contributed by atoms with Gasteiger partial charge in [0, 0.05) is 23.9 Å². The Morgan fingerprint density at radius 3 is 2.70 bits per heavy atom. The van der Waals surface area contributed by atoms with Crippen LogP contribution in [0.5, 0.6) is 11.5 Å². The van der Waals surface area contributed by atoms with Crippen LogP contribution in [-0.2, 0) is 13.0 Å². The molecule has 1 heterocycles. The fraction of sp³-hybridized carbons (Fsp3) is 0.278. The molecule has 0 saturated carbocycles. The molecule has 0 unspecified atom stereocenters. The normalized spacial score (nSPS) is 11.3. The Morgan fingerprint density at radius 2 is 1.96 bits per heavy atom. The number of rotatable bonds is 5. The zero-order chi connectivity index (χ0) is 16.4. The molecule has 0 atom stereocenters. The van der Waals surface area contributed by atoms with E-state index in [4.69, 9.17) is 9.26 Å². The van der Waals surface area contributed by atoms with Gasteiger partial charge in [-0.3, -0.25) is 0 Å². The lowest BCUT2D eigenvalue weighted by Gasteiger charge is -2.11. The van der Waals surface area contributed by atoms with Gasteiger partial charge in [0.15, 0.2) is 5.58 Å². The maximum absolute atomic E-state index is 10.1. The highest BCUT2D eigenvalue weighted by atomic mass is 16.5. The van der Waals surface area contributed by atoms with Gasteiger partial charge in [-0.05, 0) is 32.3 Å². The van der Waals surface area contributed by atoms with Gasteiger partial charge in [-0.15, -0.1) is 0 Å². The zero-order valence-electron chi connectivity index (χ0n) is 13.5. The number of aromatic nitrogens is 1. The van der Waals surface area contributed by atoms with E-state index < -0.39 is 0 Å². The predicted octanol–water partition coefficient (Wildman–Crippen LogP) is 3.19. The number of nitrogens with zero attached hydrogens (tertiary/aromatic N) is 2. The Bertz CT molecular complexity index is 824. The van der Waals surface area contributed by atoms with E-state index in [9.17, 15) is 5.11 Å². The number of para-hydroxylation sites is 1. The lowest BCUT2D eigenvalue weighted by Crippen LogP contribution is -2.10. The van der Waals surface area contributed by atoms with Crippen molar-refractivity contribution in [3.8, 4) is 11.5 Å². The molecule has 120 valence electrons. The van der Waals surface area contributed by atoms with E-state index in [1.165, 1.54) is 0 Å². The van der Waals surface area contributed by atoms with Gasteiger partial charge in [-0.1, -0.05) is 23.4 Å². The molecule has 1 aromatic heterocycles. The Balaban J connectivity index is 2.03. The van der Waals surface area contributed by atoms with Crippen molar-refractivity contribution in [2.24, 2.45) is 0 Å². The Labute approximate surface area is 135 Å². The SMILES string of the molecule is COc1ccccc1Cc1noc2c(CN(C)C)c(O)ccc12. The van der Waals surface area contributed by atoms with Crippen LogP contribution in [0.15, 0.2) is 40.9 Å². The summed E-state index contributed by atoms with van der Waals surface area (Å²) >= 11 is 0. The monoisotopic (exact) mass is 312 g/mol. The first-order valence-corrected chi connectivity index (χ1v) is 7.46. The molecule has 0 saturated heterocycles. The predicted molar refractivity (Wildman–Crippen MR) is 88.9 cm³/mol. The zero-order valence-corrected chi connectivity index (χ0v) is 13.5. The van der Waals surface area contributed by atoms with Gasteiger partial charge in [-0.2, -0.15) is 0 Å². The van der Waals surface area contributed by atoms with Crippen molar-refractivity contribution < 1.29 is 14.4 Å². The molecular formula is C18H20N2O3. The van der Waals surface area contributed by atoms with Crippen LogP contribution in [0.2, 0.25) is 0 Å². The van der Waals surface area contributed by atoms with Gasteiger partial charge in [0.2, 0.25) is 0 Å². The van der Waals surface area contributed by atoms with Crippen molar-refractivity contribution >= 4 is 11.0 Å². The van der Waals surface area contributed by atoms with Gasteiger partial charge in [0.25, 0.3) is 0 Å². The van der Waals surface area contributed by atoms with Crippen molar-refractivity contribution in [1.29, 1.82) is 0 Å². The highest BCUT2D eigenvalue weighted by Crippen LogP contribution is 2.32. The average molecular weight is 312 g/mol. The number of phenols is 1. The van der Waals surface area contributed by atoms with E-state index in [2.05, 4.69) is 5.16 Å². The fourth-order valence-electron chi connectivity index (χ4n) is 2.72.